The van der Waals surface area contributed by atoms with Crippen LogP contribution in [-0.4, -0.2) is 52.5 Å². The molecule has 0 unspecified atom stereocenters. The van der Waals surface area contributed by atoms with Gasteiger partial charge in [-0.1, -0.05) is 0 Å². The van der Waals surface area contributed by atoms with Crippen molar-refractivity contribution in [1.29, 1.82) is 0 Å². The summed E-state index contributed by atoms with van der Waals surface area (Å²) in [7, 11) is 6.22. The van der Waals surface area contributed by atoms with Crippen LogP contribution in [-0.2, 0) is 0 Å². The number of hydrogen-bond acceptors (Lipinski definition) is 2. The molecule has 12 heteroatoms. The van der Waals surface area contributed by atoms with Crippen molar-refractivity contribution in [2.45, 2.75) is 0 Å². The van der Waals surface area contributed by atoms with Gasteiger partial charge < -0.3 is 19.8 Å². The van der Waals surface area contributed by atoms with E-state index in [-0.39, 0.29) is 37.7 Å². The molecule has 1 aliphatic heterocycles. The van der Waals surface area contributed by atoms with Gasteiger partial charge in [0, 0.05) is 12.4 Å². The Balaban J connectivity index is -0.0000000969. The van der Waals surface area contributed by atoms with E-state index in [1.54, 1.807) is 26.5 Å². The maximum Gasteiger partial charge on any atom is 1.00 e. The fourth-order valence-electron chi connectivity index (χ4n) is 0.773. The van der Waals surface area contributed by atoms with Crippen molar-refractivity contribution in [3.05, 3.63) is 35.4 Å². The third-order valence-electron chi connectivity index (χ3n) is 1.57. The van der Waals surface area contributed by atoms with Gasteiger partial charge in [-0.15, -0.1) is 58.4 Å². The molecule has 108 valence electrons. The normalized spacial score (nSPS) is 12.8. The Labute approximate surface area is 168 Å². The van der Waals surface area contributed by atoms with Gasteiger partial charge in [0.2, 0.25) is 0 Å². The van der Waals surface area contributed by atoms with Gasteiger partial charge in [0.25, 0.3) is 0 Å². The molecule has 0 aromatic rings. The Hall–Kier alpha value is 1.47. The number of rotatable bonds is 2. The second-order valence-corrected chi connectivity index (χ2v) is 12.9. The van der Waals surface area contributed by atoms with Crippen molar-refractivity contribution < 1.29 is 37.7 Å². The molecule has 0 radical (unpaired) electrons. The molecule has 0 spiro atoms. The van der Waals surface area contributed by atoms with E-state index in [0.29, 0.717) is 0 Å². The van der Waals surface area contributed by atoms with Gasteiger partial charge in [-0.2, -0.15) is 0 Å². The molecule has 0 saturated carbocycles. The van der Waals surface area contributed by atoms with Gasteiger partial charge in [-0.25, -0.2) is 12.4 Å². The second kappa shape index (κ2) is 20.5. The molecule has 0 bridgehead atoms. The molecule has 4 nitrogen and oxygen atoms in total. The number of nitrogens with zero attached hydrogens (tertiary/aromatic N) is 4. The molecule has 0 atom stereocenters. The van der Waals surface area contributed by atoms with E-state index in [2.05, 4.69) is 19.8 Å². The Morgan fingerprint density at radius 2 is 1.20 bits per heavy atom. The van der Waals surface area contributed by atoms with E-state index in [1.165, 1.54) is 0 Å². The Bertz CT molecular complexity index is 232. The van der Waals surface area contributed by atoms with Crippen LogP contribution in [0.15, 0.2) is 24.8 Å². The summed E-state index contributed by atoms with van der Waals surface area (Å²) < 4.78 is 4.14. The van der Waals surface area contributed by atoms with Crippen molar-refractivity contribution >= 4 is 59.5 Å². The Morgan fingerprint density at radius 3 is 1.30 bits per heavy atom. The fraction of sp³-hybridized carbons (Fsp3) is 0.500. The van der Waals surface area contributed by atoms with Crippen molar-refractivity contribution in [1.82, 2.24) is 9.13 Å². The maximum absolute atomic E-state index is 5.94. The van der Waals surface area contributed by atoms with Crippen LogP contribution < -0.4 is 37.7 Å². The van der Waals surface area contributed by atoms with E-state index in [0.717, 1.165) is 0 Å². The minimum absolute atomic E-state index is 0. The minimum atomic E-state index is -1.72. The standard InChI is InChI=1S/C4H9ClN2Si.C4H8N2.Cl3HSi.2Li/c1-6-3-4-7(2)8(6)5;1-5-3-4-6-2;1-4(2)3;;/h3-4,8H,1-2H3;3-4H,1-2H3;4H;;/q;-2;;2*+1/b;4-3-;;;. The van der Waals surface area contributed by atoms with Gasteiger partial charge in [-0.3, -0.25) is 0 Å². The smallest absolute Gasteiger partial charge is 0.695 e. The molecule has 1 rings (SSSR count). The molecule has 0 aromatic carbocycles. The molecule has 0 aromatic heterocycles. The molecule has 0 amide bonds. The summed E-state index contributed by atoms with van der Waals surface area (Å²) >= 11 is 20.8. The average molecular weight is 382 g/mol. The maximum atomic E-state index is 5.94. The quantitative estimate of drug-likeness (QED) is 0.382. The molecular formula is C8H18Cl4Li2N4Si2. The van der Waals surface area contributed by atoms with Crippen LogP contribution in [0.1, 0.15) is 0 Å². The van der Waals surface area contributed by atoms with E-state index in [4.69, 9.17) is 44.3 Å². The average Bonchev–Trinajstić information content (AvgIpc) is 2.58. The van der Waals surface area contributed by atoms with E-state index < -0.39 is 15.2 Å². The Kier molecular flexibility index (Phi) is 30.2. The molecule has 20 heavy (non-hydrogen) atoms. The predicted molar refractivity (Wildman–Crippen MR) is 90.1 cm³/mol. The molecule has 1 heterocycles. The zero-order chi connectivity index (χ0) is 14.6. The van der Waals surface area contributed by atoms with E-state index in [9.17, 15) is 0 Å². The summed E-state index contributed by atoms with van der Waals surface area (Å²) in [6.07, 6.45) is 7.29. The van der Waals surface area contributed by atoms with Gasteiger partial charge in [0.1, 0.15) is 0 Å². The molecule has 0 aliphatic carbocycles. The first-order valence-electron chi connectivity index (χ1n) is 4.88. The van der Waals surface area contributed by atoms with Crippen LogP contribution in [0.5, 0.6) is 0 Å². The first-order chi connectivity index (χ1) is 8.36. The zero-order valence-electron chi connectivity index (χ0n) is 12.8. The van der Waals surface area contributed by atoms with Gasteiger partial charge in [0.15, 0.2) is 0 Å². The zero-order valence-corrected chi connectivity index (χ0v) is 18.1. The second-order valence-electron chi connectivity index (χ2n) is 3.00. The fourth-order valence-corrected chi connectivity index (χ4v) is 2.18. The van der Waals surface area contributed by atoms with Crippen LogP contribution in [0.25, 0.3) is 10.6 Å². The van der Waals surface area contributed by atoms with Crippen molar-refractivity contribution in [2.75, 3.05) is 28.2 Å². The number of halogens is 4. The van der Waals surface area contributed by atoms with Crippen molar-refractivity contribution in [2.24, 2.45) is 0 Å². The van der Waals surface area contributed by atoms with Crippen LogP contribution in [0.4, 0.5) is 0 Å². The summed E-state index contributed by atoms with van der Waals surface area (Å²) in [5.41, 5.74) is 0. The third kappa shape index (κ3) is 21.8. The molecule has 0 fully saturated rings. The number of hydrogen-bond donors (Lipinski definition) is 0. The van der Waals surface area contributed by atoms with Crippen LogP contribution in [0, 0.1) is 0 Å². The van der Waals surface area contributed by atoms with Crippen LogP contribution >= 0.6 is 44.3 Å². The summed E-state index contributed by atoms with van der Waals surface area (Å²) in [5, 5.41) is 7.30. The molecule has 0 saturated heterocycles. The monoisotopic (exact) mass is 380 g/mol. The summed E-state index contributed by atoms with van der Waals surface area (Å²) in [5.74, 6) is 0. The first-order valence-corrected chi connectivity index (χ1v) is 12.9. The molecular weight excluding hydrogens is 364 g/mol. The minimum Gasteiger partial charge on any atom is -0.695 e. The molecule has 0 N–H and O–H groups in total. The third-order valence-corrected chi connectivity index (χ3v) is 5.11. The first kappa shape index (κ1) is 29.5. The van der Waals surface area contributed by atoms with Gasteiger partial charge >= 0.3 is 52.9 Å². The van der Waals surface area contributed by atoms with Crippen LogP contribution in [0.2, 0.25) is 0 Å². The van der Waals surface area contributed by atoms with Gasteiger partial charge in [0.05, 0.1) is 0 Å². The predicted octanol–water partition coefficient (Wildman–Crippen LogP) is -2.82. The largest absolute Gasteiger partial charge is 1.00 e. The van der Waals surface area contributed by atoms with Crippen molar-refractivity contribution in [3.63, 3.8) is 0 Å². The van der Waals surface area contributed by atoms with Gasteiger partial charge in [-0.05, 0) is 14.1 Å². The van der Waals surface area contributed by atoms with Crippen molar-refractivity contribution in [3.8, 4) is 0 Å². The SMILES string of the molecule is CN1C=CN(C)[SiH]1Cl.C[N-]/C=C\[N-]C.Cl[SiH](Cl)Cl.[Li+].[Li+]. The summed E-state index contributed by atoms with van der Waals surface area (Å²) in [6.45, 7) is -1.72. The summed E-state index contributed by atoms with van der Waals surface area (Å²) in [4.78, 5) is 0. The molecule has 1 aliphatic rings. The van der Waals surface area contributed by atoms with E-state index >= 15 is 0 Å². The Morgan fingerprint density at radius 1 is 0.950 bits per heavy atom. The van der Waals surface area contributed by atoms with E-state index in [1.807, 2.05) is 26.5 Å². The summed E-state index contributed by atoms with van der Waals surface area (Å²) in [6, 6.07) is 0. The topological polar surface area (TPSA) is 34.7 Å². The van der Waals surface area contributed by atoms with Crippen LogP contribution in [0.3, 0.4) is 0 Å².